The topological polar surface area (TPSA) is 116 Å². The van der Waals surface area contributed by atoms with Crippen LogP contribution in [0.5, 0.6) is 0 Å². The average Bonchev–Trinajstić information content (AvgIpc) is 2.69. The van der Waals surface area contributed by atoms with Crippen LogP contribution in [0.4, 0.5) is 0 Å². The number of hydrogen-bond donors (Lipinski definition) is 3. The summed E-state index contributed by atoms with van der Waals surface area (Å²) in [7, 11) is 0. The van der Waals surface area contributed by atoms with Crippen molar-refractivity contribution in [2.45, 2.75) is 110 Å². The fourth-order valence-corrected chi connectivity index (χ4v) is 3.27. The van der Waals surface area contributed by atoms with Gasteiger partial charge in [0.15, 0.2) is 6.10 Å². The zero-order chi connectivity index (χ0) is 22.9. The third-order valence-electron chi connectivity index (χ3n) is 5.27. The Balaban J connectivity index is 4.14. The molecular formula is C22H42N2O6. The van der Waals surface area contributed by atoms with Crippen molar-refractivity contribution in [2.75, 3.05) is 13.1 Å². The van der Waals surface area contributed by atoms with Gasteiger partial charge < -0.3 is 20.3 Å². The smallest absolute Gasteiger partial charge is 0.332 e. The van der Waals surface area contributed by atoms with Gasteiger partial charge in [-0.15, -0.1) is 0 Å². The van der Waals surface area contributed by atoms with E-state index in [2.05, 4.69) is 12.2 Å². The number of rotatable bonds is 19. The lowest BCUT2D eigenvalue weighted by atomic mass is 10.1. The molecular weight excluding hydrogens is 388 g/mol. The number of unbranched alkanes of at least 4 members (excludes halogenated alkanes) is 8. The predicted molar refractivity (Wildman–Crippen MR) is 116 cm³/mol. The molecule has 0 rings (SSSR count). The van der Waals surface area contributed by atoms with Crippen LogP contribution >= 0.6 is 0 Å². The molecule has 176 valence electrons. The molecule has 30 heavy (non-hydrogen) atoms. The summed E-state index contributed by atoms with van der Waals surface area (Å²) < 4.78 is 5.39. The van der Waals surface area contributed by atoms with E-state index in [0.29, 0.717) is 6.42 Å². The number of amides is 1. The summed E-state index contributed by atoms with van der Waals surface area (Å²) in [6.07, 6.45) is 9.43. The van der Waals surface area contributed by atoms with E-state index in [-0.39, 0.29) is 19.0 Å². The van der Waals surface area contributed by atoms with Crippen molar-refractivity contribution in [2.24, 2.45) is 0 Å². The van der Waals surface area contributed by atoms with Gasteiger partial charge in [-0.3, -0.25) is 14.5 Å². The molecule has 0 aromatic carbocycles. The van der Waals surface area contributed by atoms with Gasteiger partial charge in [0, 0.05) is 19.5 Å². The standard InChI is InChI=1S/C22H42N2O6/c1-5-6-7-8-9-10-11-12-13-14-20(25)23-15-16-24(17(2)21(26)27)19(4)30-18(3)22(28)29/h17-19H,5-16H2,1-4H3,(H,23,25)(H,26,27)(H,28,29). The Morgan fingerprint density at radius 3 is 1.90 bits per heavy atom. The zero-order valence-corrected chi connectivity index (χ0v) is 19.2. The quantitative estimate of drug-likeness (QED) is 0.212. The Morgan fingerprint density at radius 2 is 1.40 bits per heavy atom. The summed E-state index contributed by atoms with van der Waals surface area (Å²) >= 11 is 0. The highest BCUT2D eigenvalue weighted by molar-refractivity contribution is 5.76. The number of ether oxygens (including phenoxy) is 1. The van der Waals surface area contributed by atoms with Crippen LogP contribution in [0.2, 0.25) is 0 Å². The molecule has 0 saturated carbocycles. The Hall–Kier alpha value is -1.67. The fourth-order valence-electron chi connectivity index (χ4n) is 3.27. The van der Waals surface area contributed by atoms with Crippen LogP contribution in [0.3, 0.4) is 0 Å². The lowest BCUT2D eigenvalue weighted by molar-refractivity contribution is -0.166. The molecule has 0 aliphatic rings. The van der Waals surface area contributed by atoms with Gasteiger partial charge in [-0.25, -0.2) is 4.79 Å². The lowest BCUT2D eigenvalue weighted by Gasteiger charge is -2.33. The number of carbonyl (C=O) groups is 3. The van der Waals surface area contributed by atoms with Gasteiger partial charge in [0.05, 0.1) is 0 Å². The van der Waals surface area contributed by atoms with Gasteiger partial charge in [-0.2, -0.15) is 0 Å². The van der Waals surface area contributed by atoms with Crippen molar-refractivity contribution >= 4 is 17.8 Å². The number of carboxylic acid groups (broad SMARTS) is 2. The Bertz CT molecular complexity index is 500. The van der Waals surface area contributed by atoms with Crippen LogP contribution in [0.25, 0.3) is 0 Å². The molecule has 0 aromatic heterocycles. The molecule has 0 aliphatic heterocycles. The molecule has 0 heterocycles. The van der Waals surface area contributed by atoms with E-state index in [1.807, 2.05) is 0 Å². The maximum atomic E-state index is 12.0. The summed E-state index contributed by atoms with van der Waals surface area (Å²) in [5, 5.41) is 21.1. The molecule has 3 unspecified atom stereocenters. The molecule has 0 radical (unpaired) electrons. The Labute approximate surface area is 181 Å². The summed E-state index contributed by atoms with van der Waals surface area (Å²) in [5.74, 6) is -2.19. The maximum Gasteiger partial charge on any atom is 0.332 e. The normalized spacial score (nSPS) is 14.3. The highest BCUT2D eigenvalue weighted by Crippen LogP contribution is 2.11. The van der Waals surface area contributed by atoms with E-state index >= 15 is 0 Å². The van der Waals surface area contributed by atoms with E-state index in [1.54, 1.807) is 6.92 Å². The molecule has 0 aromatic rings. The third-order valence-corrected chi connectivity index (χ3v) is 5.27. The first-order valence-corrected chi connectivity index (χ1v) is 11.3. The molecule has 0 bridgehead atoms. The van der Waals surface area contributed by atoms with Crippen LogP contribution in [-0.4, -0.2) is 64.4 Å². The predicted octanol–water partition coefficient (Wildman–Crippen LogP) is 3.63. The minimum atomic E-state index is -1.11. The summed E-state index contributed by atoms with van der Waals surface area (Å²) in [6.45, 7) is 7.27. The summed E-state index contributed by atoms with van der Waals surface area (Å²) in [6, 6.07) is -0.866. The van der Waals surface area contributed by atoms with Crippen LogP contribution < -0.4 is 5.32 Å². The van der Waals surface area contributed by atoms with Crippen LogP contribution in [0.15, 0.2) is 0 Å². The van der Waals surface area contributed by atoms with E-state index in [1.165, 1.54) is 57.3 Å². The Morgan fingerprint density at radius 1 is 0.867 bits per heavy atom. The molecule has 0 spiro atoms. The highest BCUT2D eigenvalue weighted by atomic mass is 16.5. The molecule has 8 nitrogen and oxygen atoms in total. The number of aliphatic carboxylic acids is 2. The van der Waals surface area contributed by atoms with Crippen molar-refractivity contribution < 1.29 is 29.3 Å². The van der Waals surface area contributed by atoms with Gasteiger partial charge in [-0.1, -0.05) is 58.3 Å². The zero-order valence-electron chi connectivity index (χ0n) is 19.2. The number of nitrogens with one attached hydrogen (secondary N) is 1. The average molecular weight is 431 g/mol. The van der Waals surface area contributed by atoms with Gasteiger partial charge in [-0.05, 0) is 27.2 Å². The van der Waals surface area contributed by atoms with Crippen molar-refractivity contribution in [1.29, 1.82) is 0 Å². The van der Waals surface area contributed by atoms with Gasteiger partial charge in [0.25, 0.3) is 0 Å². The second-order valence-electron chi connectivity index (χ2n) is 7.90. The first-order chi connectivity index (χ1) is 14.2. The number of hydrogen-bond acceptors (Lipinski definition) is 5. The largest absolute Gasteiger partial charge is 0.480 e. The van der Waals surface area contributed by atoms with Crippen LogP contribution in [-0.2, 0) is 19.1 Å². The first-order valence-electron chi connectivity index (χ1n) is 11.3. The highest BCUT2D eigenvalue weighted by Gasteiger charge is 2.28. The second-order valence-corrected chi connectivity index (χ2v) is 7.90. The van der Waals surface area contributed by atoms with E-state index in [9.17, 15) is 19.5 Å². The second kappa shape index (κ2) is 17.1. The molecule has 3 atom stereocenters. The first kappa shape index (κ1) is 28.3. The third kappa shape index (κ3) is 13.5. The maximum absolute atomic E-state index is 12.0. The minimum absolute atomic E-state index is 0.0478. The molecule has 1 amide bonds. The molecule has 0 saturated heterocycles. The fraction of sp³-hybridized carbons (Fsp3) is 0.864. The molecule has 3 N–H and O–H groups in total. The molecule has 8 heteroatoms. The van der Waals surface area contributed by atoms with E-state index in [4.69, 9.17) is 9.84 Å². The van der Waals surface area contributed by atoms with Crippen LogP contribution in [0.1, 0.15) is 91.9 Å². The van der Waals surface area contributed by atoms with Gasteiger partial charge >= 0.3 is 11.9 Å². The van der Waals surface area contributed by atoms with Crippen molar-refractivity contribution in [3.8, 4) is 0 Å². The SMILES string of the molecule is CCCCCCCCCCCC(=O)NCCN(C(C)OC(C)C(=O)O)C(C)C(=O)O. The Kier molecular flexibility index (Phi) is 16.1. The monoisotopic (exact) mass is 430 g/mol. The minimum Gasteiger partial charge on any atom is -0.480 e. The summed E-state index contributed by atoms with van der Waals surface area (Å²) in [5.41, 5.74) is 0. The molecule has 0 fully saturated rings. The number of carbonyl (C=O) groups excluding carboxylic acids is 1. The van der Waals surface area contributed by atoms with Crippen molar-refractivity contribution in [1.82, 2.24) is 10.2 Å². The van der Waals surface area contributed by atoms with E-state index < -0.39 is 30.3 Å². The lowest BCUT2D eigenvalue weighted by Crippen LogP contribution is -2.50. The van der Waals surface area contributed by atoms with Crippen molar-refractivity contribution in [3.05, 3.63) is 0 Å². The summed E-state index contributed by atoms with van der Waals surface area (Å²) in [4.78, 5) is 35.9. The van der Waals surface area contributed by atoms with Gasteiger partial charge in [0.2, 0.25) is 5.91 Å². The number of nitrogens with zero attached hydrogens (tertiary/aromatic N) is 1. The number of carboxylic acids is 2. The van der Waals surface area contributed by atoms with Gasteiger partial charge in [0.1, 0.15) is 12.3 Å². The van der Waals surface area contributed by atoms with Crippen LogP contribution in [0, 0.1) is 0 Å². The van der Waals surface area contributed by atoms with E-state index in [0.717, 1.165) is 19.3 Å². The molecule has 0 aliphatic carbocycles. The van der Waals surface area contributed by atoms with Crippen molar-refractivity contribution in [3.63, 3.8) is 0 Å².